The van der Waals surface area contributed by atoms with Gasteiger partial charge in [0.2, 0.25) is 11.2 Å². The fourth-order valence-corrected chi connectivity index (χ4v) is 1.80. The van der Waals surface area contributed by atoms with Crippen LogP contribution >= 0.6 is 11.6 Å². The highest BCUT2D eigenvalue weighted by molar-refractivity contribution is 6.28. The van der Waals surface area contributed by atoms with Gasteiger partial charge in [-0.05, 0) is 36.6 Å². The summed E-state index contributed by atoms with van der Waals surface area (Å²) >= 11 is 5.83. The van der Waals surface area contributed by atoms with Gasteiger partial charge >= 0.3 is 6.01 Å². The van der Waals surface area contributed by atoms with E-state index >= 15 is 0 Å². The molecule has 106 valence electrons. The Morgan fingerprint density at radius 2 is 2.05 bits per heavy atom. The Hall–Kier alpha value is -1.92. The zero-order chi connectivity index (χ0) is 14.4. The summed E-state index contributed by atoms with van der Waals surface area (Å²) in [5.41, 5.74) is 0.872. The Balaban J connectivity index is 2.25. The highest BCUT2D eigenvalue weighted by atomic mass is 35.5. The third-order valence-corrected chi connectivity index (χ3v) is 2.65. The van der Waals surface area contributed by atoms with E-state index in [1.165, 1.54) is 0 Å². The fraction of sp³-hybridized carbons (Fsp3) is 0.308. The summed E-state index contributed by atoms with van der Waals surface area (Å²) in [5.74, 6) is 0.952. The number of nitrogens with zero attached hydrogens (tertiary/aromatic N) is 3. The molecule has 20 heavy (non-hydrogen) atoms. The van der Waals surface area contributed by atoms with Gasteiger partial charge in [-0.15, -0.1) is 0 Å². The first-order valence-electron chi connectivity index (χ1n) is 6.25. The van der Waals surface area contributed by atoms with Crippen LogP contribution in [0.5, 0.6) is 11.8 Å². The molecule has 0 aliphatic rings. The van der Waals surface area contributed by atoms with Gasteiger partial charge in [-0.2, -0.15) is 15.0 Å². The van der Waals surface area contributed by atoms with Gasteiger partial charge in [0.1, 0.15) is 5.75 Å². The molecular formula is C13H15ClN4O2. The van der Waals surface area contributed by atoms with Crippen LogP contribution < -0.4 is 10.1 Å². The molecule has 0 atom stereocenters. The third-order valence-electron chi connectivity index (χ3n) is 2.48. The number of aromatic nitrogens is 3. The zero-order valence-electron chi connectivity index (χ0n) is 11.0. The number of ether oxygens (including phenoxy) is 1. The van der Waals surface area contributed by atoms with Crippen molar-refractivity contribution in [3.05, 3.63) is 35.1 Å². The summed E-state index contributed by atoms with van der Waals surface area (Å²) in [6, 6.07) is 7.49. The van der Waals surface area contributed by atoms with Gasteiger partial charge in [0, 0.05) is 13.2 Å². The van der Waals surface area contributed by atoms with Crippen molar-refractivity contribution in [1.29, 1.82) is 0 Å². The Bertz CT molecular complexity index is 580. The third kappa shape index (κ3) is 3.79. The summed E-state index contributed by atoms with van der Waals surface area (Å²) in [6.45, 7) is 2.64. The summed E-state index contributed by atoms with van der Waals surface area (Å²) in [4.78, 5) is 12.0. The molecule has 0 amide bonds. The van der Waals surface area contributed by atoms with Crippen LogP contribution in [0.15, 0.2) is 24.3 Å². The first-order chi connectivity index (χ1) is 9.72. The number of anilines is 1. The first kappa shape index (κ1) is 14.5. The average Bonchev–Trinajstić information content (AvgIpc) is 2.41. The lowest BCUT2D eigenvalue weighted by Gasteiger charge is -2.09. The Labute approximate surface area is 121 Å². The number of benzene rings is 1. The lowest BCUT2D eigenvalue weighted by molar-refractivity contribution is 0.297. The molecule has 2 rings (SSSR count). The second-order valence-corrected chi connectivity index (χ2v) is 4.26. The Kier molecular flexibility index (Phi) is 5.09. The van der Waals surface area contributed by atoms with Crippen molar-refractivity contribution in [1.82, 2.24) is 15.0 Å². The molecule has 0 radical (unpaired) electrons. The lowest BCUT2D eigenvalue weighted by atomic mass is 10.1. The van der Waals surface area contributed by atoms with E-state index in [1.807, 2.05) is 25.1 Å². The van der Waals surface area contributed by atoms with Crippen LogP contribution in [0, 0.1) is 0 Å². The van der Waals surface area contributed by atoms with E-state index in [-0.39, 0.29) is 17.9 Å². The first-order valence-corrected chi connectivity index (χ1v) is 6.62. The molecule has 1 aromatic carbocycles. The highest BCUT2D eigenvalue weighted by Gasteiger charge is 2.09. The maximum Gasteiger partial charge on any atom is 0.328 e. The van der Waals surface area contributed by atoms with Crippen molar-refractivity contribution < 1.29 is 9.84 Å². The Morgan fingerprint density at radius 1 is 1.25 bits per heavy atom. The van der Waals surface area contributed by atoms with Gasteiger partial charge in [0.05, 0.1) is 0 Å². The number of para-hydroxylation sites is 1. The van der Waals surface area contributed by atoms with E-state index < -0.39 is 0 Å². The van der Waals surface area contributed by atoms with Crippen LogP contribution in [-0.2, 0) is 6.42 Å². The van der Waals surface area contributed by atoms with Crippen LogP contribution in [-0.4, -0.2) is 33.2 Å². The van der Waals surface area contributed by atoms with Crippen molar-refractivity contribution >= 4 is 17.5 Å². The van der Waals surface area contributed by atoms with Crippen molar-refractivity contribution in [3.8, 4) is 11.8 Å². The number of halogens is 1. The Morgan fingerprint density at radius 3 is 2.80 bits per heavy atom. The van der Waals surface area contributed by atoms with E-state index in [2.05, 4.69) is 20.3 Å². The maximum atomic E-state index is 9.04. The molecule has 0 bridgehead atoms. The SMILES string of the molecule is CCNc1nc(Cl)nc(Oc2ccccc2CCO)n1. The number of aliphatic hydroxyl groups is 1. The van der Waals surface area contributed by atoms with Gasteiger partial charge in [-0.1, -0.05) is 18.2 Å². The van der Waals surface area contributed by atoms with E-state index in [0.29, 0.717) is 24.7 Å². The van der Waals surface area contributed by atoms with Crippen molar-refractivity contribution in [2.75, 3.05) is 18.5 Å². The molecule has 0 spiro atoms. The molecular weight excluding hydrogens is 280 g/mol. The van der Waals surface area contributed by atoms with Crippen LogP contribution in [0.25, 0.3) is 0 Å². The lowest BCUT2D eigenvalue weighted by Crippen LogP contribution is -2.05. The average molecular weight is 295 g/mol. The minimum Gasteiger partial charge on any atom is -0.424 e. The summed E-state index contributed by atoms with van der Waals surface area (Å²) in [6.07, 6.45) is 0.495. The summed E-state index contributed by atoms with van der Waals surface area (Å²) in [7, 11) is 0. The summed E-state index contributed by atoms with van der Waals surface area (Å²) < 4.78 is 5.63. The fourth-order valence-electron chi connectivity index (χ4n) is 1.64. The van der Waals surface area contributed by atoms with E-state index in [4.69, 9.17) is 21.4 Å². The summed E-state index contributed by atoms with van der Waals surface area (Å²) in [5, 5.41) is 12.0. The molecule has 0 aliphatic carbocycles. The van der Waals surface area contributed by atoms with Crippen LogP contribution in [0.1, 0.15) is 12.5 Å². The number of rotatable bonds is 6. The second kappa shape index (κ2) is 7.02. The zero-order valence-corrected chi connectivity index (χ0v) is 11.8. The van der Waals surface area contributed by atoms with Crippen molar-refractivity contribution in [2.45, 2.75) is 13.3 Å². The van der Waals surface area contributed by atoms with Gasteiger partial charge in [-0.25, -0.2) is 0 Å². The van der Waals surface area contributed by atoms with Gasteiger partial charge in [0.25, 0.3) is 0 Å². The number of aliphatic hydroxyl groups excluding tert-OH is 1. The molecule has 1 heterocycles. The quantitative estimate of drug-likeness (QED) is 0.851. The minimum absolute atomic E-state index is 0.0426. The smallest absolute Gasteiger partial charge is 0.328 e. The molecule has 7 heteroatoms. The van der Waals surface area contributed by atoms with Crippen molar-refractivity contribution in [2.24, 2.45) is 0 Å². The molecule has 2 N–H and O–H groups in total. The second-order valence-electron chi connectivity index (χ2n) is 3.92. The maximum absolute atomic E-state index is 9.04. The van der Waals surface area contributed by atoms with E-state index in [9.17, 15) is 0 Å². The minimum atomic E-state index is 0.0426. The van der Waals surface area contributed by atoms with Crippen LogP contribution in [0.4, 0.5) is 5.95 Å². The monoisotopic (exact) mass is 294 g/mol. The largest absolute Gasteiger partial charge is 0.424 e. The molecule has 1 aromatic heterocycles. The molecule has 0 unspecified atom stereocenters. The topological polar surface area (TPSA) is 80.2 Å². The predicted octanol–water partition coefficient (Wildman–Crippen LogP) is 2.28. The van der Waals surface area contributed by atoms with Crippen molar-refractivity contribution in [3.63, 3.8) is 0 Å². The standard InChI is InChI=1S/C13H15ClN4O2/c1-2-15-12-16-11(14)17-13(18-12)20-10-6-4-3-5-9(10)7-8-19/h3-6,19H,2,7-8H2,1H3,(H,15,16,17,18). The number of nitrogens with one attached hydrogen (secondary N) is 1. The number of hydrogen-bond donors (Lipinski definition) is 2. The molecule has 0 fully saturated rings. The van der Waals surface area contributed by atoms with Gasteiger partial charge < -0.3 is 15.2 Å². The van der Waals surface area contributed by atoms with Crippen LogP contribution in [0.2, 0.25) is 5.28 Å². The molecule has 2 aromatic rings. The molecule has 0 saturated carbocycles. The normalized spacial score (nSPS) is 10.3. The number of hydrogen-bond acceptors (Lipinski definition) is 6. The van der Waals surface area contributed by atoms with Gasteiger partial charge in [-0.3, -0.25) is 0 Å². The predicted molar refractivity (Wildman–Crippen MR) is 76.3 cm³/mol. The van der Waals surface area contributed by atoms with Gasteiger partial charge in [0.15, 0.2) is 0 Å². The molecule has 0 aliphatic heterocycles. The van der Waals surface area contributed by atoms with Crippen LogP contribution in [0.3, 0.4) is 0 Å². The van der Waals surface area contributed by atoms with E-state index in [0.717, 1.165) is 5.56 Å². The highest BCUT2D eigenvalue weighted by Crippen LogP contribution is 2.24. The molecule has 6 nitrogen and oxygen atoms in total. The van der Waals surface area contributed by atoms with E-state index in [1.54, 1.807) is 6.07 Å². The molecule has 0 saturated heterocycles.